The molecule has 2 N–H and O–H groups in total. The molecule has 0 saturated heterocycles. The van der Waals surface area contributed by atoms with Gasteiger partial charge in [0.25, 0.3) is 0 Å². The normalized spacial score (nSPS) is 15.0. The van der Waals surface area contributed by atoms with Crippen LogP contribution in [-0.4, -0.2) is 50.7 Å². The fourth-order valence-electron chi connectivity index (χ4n) is 3.03. The molecule has 0 amide bonds. The van der Waals surface area contributed by atoms with Crippen LogP contribution in [0.1, 0.15) is 43.7 Å². The van der Waals surface area contributed by atoms with Crippen LogP contribution in [-0.2, 0) is 6.54 Å². The number of halogens is 1. The number of nitrogens with zero attached hydrogens (tertiary/aromatic N) is 2. The molecule has 0 bridgehead atoms. The quantitative estimate of drug-likeness (QED) is 0.344. The number of likely N-dealkylation sites (N-methyl/N-ethyl adjacent to an activating group) is 1. The Morgan fingerprint density at radius 3 is 2.65 bits per heavy atom. The van der Waals surface area contributed by atoms with E-state index < -0.39 is 0 Å². The Kier molecular flexibility index (Phi) is 11.0. The van der Waals surface area contributed by atoms with Gasteiger partial charge >= 0.3 is 0 Å². The van der Waals surface area contributed by atoms with E-state index in [2.05, 4.69) is 59.6 Å². The van der Waals surface area contributed by atoms with E-state index in [1.807, 2.05) is 7.05 Å². The first-order valence-corrected chi connectivity index (χ1v) is 9.51. The van der Waals surface area contributed by atoms with Crippen LogP contribution >= 0.6 is 24.0 Å². The van der Waals surface area contributed by atoms with E-state index in [1.54, 1.807) is 0 Å². The van der Waals surface area contributed by atoms with Gasteiger partial charge in [-0.2, -0.15) is 0 Å². The second-order valence-electron chi connectivity index (χ2n) is 6.88. The summed E-state index contributed by atoms with van der Waals surface area (Å²) in [6.07, 6.45) is 5.30. The van der Waals surface area contributed by atoms with E-state index in [0.29, 0.717) is 12.6 Å². The Morgan fingerprint density at radius 1 is 1.27 bits per heavy atom. The molecule has 1 fully saturated rings. The zero-order chi connectivity index (χ0) is 18.1. The minimum absolute atomic E-state index is 0. The third-order valence-electron chi connectivity index (χ3n) is 4.81. The van der Waals surface area contributed by atoms with Gasteiger partial charge in [-0.3, -0.25) is 4.99 Å². The van der Waals surface area contributed by atoms with Crippen molar-refractivity contribution in [2.24, 2.45) is 4.99 Å². The molecule has 1 aromatic carbocycles. The summed E-state index contributed by atoms with van der Waals surface area (Å²) in [4.78, 5) is 6.58. The summed E-state index contributed by atoms with van der Waals surface area (Å²) in [7, 11) is 3.93. The van der Waals surface area contributed by atoms with E-state index in [9.17, 15) is 0 Å². The van der Waals surface area contributed by atoms with Gasteiger partial charge in [-0.1, -0.05) is 19.1 Å². The van der Waals surface area contributed by atoms with Crippen LogP contribution in [0.4, 0.5) is 0 Å². The third-order valence-corrected chi connectivity index (χ3v) is 4.81. The van der Waals surface area contributed by atoms with Gasteiger partial charge in [-0.25, -0.2) is 0 Å². The number of hydrogen-bond donors (Lipinski definition) is 2. The number of rotatable bonds is 8. The van der Waals surface area contributed by atoms with Gasteiger partial charge in [0.2, 0.25) is 0 Å². The third kappa shape index (κ3) is 7.70. The molecule has 0 aliphatic heterocycles. The SMILES string of the molecule is CCN(C)CCNC(=NC)NCc1ccc(C)cc1OC1CCCC1.I. The molecule has 1 aliphatic carbocycles. The maximum Gasteiger partial charge on any atom is 0.191 e. The lowest BCUT2D eigenvalue weighted by Gasteiger charge is -2.19. The zero-order valence-corrected chi connectivity index (χ0v) is 19.0. The highest BCUT2D eigenvalue weighted by atomic mass is 127. The lowest BCUT2D eigenvalue weighted by atomic mass is 10.1. The van der Waals surface area contributed by atoms with Gasteiger partial charge in [-0.05, 0) is 57.8 Å². The molecule has 0 spiro atoms. The minimum Gasteiger partial charge on any atom is -0.490 e. The van der Waals surface area contributed by atoms with Gasteiger partial charge in [0.15, 0.2) is 5.96 Å². The van der Waals surface area contributed by atoms with Crippen LogP contribution < -0.4 is 15.4 Å². The average Bonchev–Trinajstić information content (AvgIpc) is 3.12. The first kappa shape index (κ1) is 23.0. The van der Waals surface area contributed by atoms with Crippen molar-refractivity contribution >= 4 is 29.9 Å². The van der Waals surface area contributed by atoms with Crippen molar-refractivity contribution in [2.45, 2.75) is 52.2 Å². The molecule has 1 aromatic rings. The van der Waals surface area contributed by atoms with E-state index in [4.69, 9.17) is 4.74 Å². The van der Waals surface area contributed by atoms with Gasteiger partial charge in [-0.15, -0.1) is 24.0 Å². The first-order chi connectivity index (χ1) is 12.1. The Morgan fingerprint density at radius 2 is 2.00 bits per heavy atom. The van der Waals surface area contributed by atoms with E-state index in [1.165, 1.54) is 36.8 Å². The maximum absolute atomic E-state index is 6.27. The molecule has 26 heavy (non-hydrogen) atoms. The van der Waals surface area contributed by atoms with Gasteiger partial charge < -0.3 is 20.3 Å². The first-order valence-electron chi connectivity index (χ1n) is 9.51. The highest BCUT2D eigenvalue weighted by Crippen LogP contribution is 2.27. The molecule has 0 unspecified atom stereocenters. The Bertz CT molecular complexity index is 559. The molecule has 6 heteroatoms. The molecule has 5 nitrogen and oxygen atoms in total. The highest BCUT2D eigenvalue weighted by molar-refractivity contribution is 14.0. The summed E-state index contributed by atoms with van der Waals surface area (Å²) in [5, 5.41) is 6.77. The predicted octanol–water partition coefficient (Wildman–Crippen LogP) is 3.55. The van der Waals surface area contributed by atoms with Crippen LogP contribution in [0.5, 0.6) is 5.75 Å². The molecule has 0 radical (unpaired) electrons. The summed E-state index contributed by atoms with van der Waals surface area (Å²) in [6, 6.07) is 6.46. The zero-order valence-electron chi connectivity index (χ0n) is 16.7. The summed E-state index contributed by atoms with van der Waals surface area (Å²) in [6.45, 7) is 7.92. The van der Waals surface area contributed by atoms with Gasteiger partial charge in [0.05, 0.1) is 6.10 Å². The molecular weight excluding hydrogens is 439 g/mol. The largest absolute Gasteiger partial charge is 0.490 e. The van der Waals surface area contributed by atoms with Crippen molar-refractivity contribution in [3.05, 3.63) is 29.3 Å². The second-order valence-corrected chi connectivity index (χ2v) is 6.88. The minimum atomic E-state index is 0. The van der Waals surface area contributed by atoms with Crippen LogP contribution in [0, 0.1) is 6.92 Å². The molecular formula is C20H35IN4O. The molecule has 0 aromatic heterocycles. The Hall–Kier alpha value is -1.02. The summed E-state index contributed by atoms with van der Waals surface area (Å²) in [5.74, 6) is 1.84. The van der Waals surface area contributed by atoms with Crippen molar-refractivity contribution in [2.75, 3.05) is 33.7 Å². The van der Waals surface area contributed by atoms with E-state index in [-0.39, 0.29) is 24.0 Å². The van der Waals surface area contributed by atoms with Crippen molar-refractivity contribution in [3.8, 4) is 5.75 Å². The van der Waals surface area contributed by atoms with Crippen molar-refractivity contribution in [3.63, 3.8) is 0 Å². The van der Waals surface area contributed by atoms with Crippen molar-refractivity contribution in [1.82, 2.24) is 15.5 Å². The molecule has 1 aliphatic rings. The van der Waals surface area contributed by atoms with Crippen LogP contribution in [0.3, 0.4) is 0 Å². The van der Waals surface area contributed by atoms with Crippen LogP contribution in [0.2, 0.25) is 0 Å². The maximum atomic E-state index is 6.27. The van der Waals surface area contributed by atoms with Crippen molar-refractivity contribution < 1.29 is 4.74 Å². The fourth-order valence-corrected chi connectivity index (χ4v) is 3.03. The van der Waals surface area contributed by atoms with Gasteiger partial charge in [0.1, 0.15) is 5.75 Å². The summed E-state index contributed by atoms with van der Waals surface area (Å²) < 4.78 is 6.27. The molecule has 0 heterocycles. The Labute approximate surface area is 176 Å². The monoisotopic (exact) mass is 474 g/mol. The number of benzene rings is 1. The van der Waals surface area contributed by atoms with Crippen LogP contribution in [0.15, 0.2) is 23.2 Å². The fraction of sp³-hybridized carbons (Fsp3) is 0.650. The lowest BCUT2D eigenvalue weighted by Crippen LogP contribution is -2.40. The molecule has 0 atom stereocenters. The number of aryl methyl sites for hydroxylation is 1. The number of aliphatic imine (C=N–C) groups is 1. The standard InChI is InChI=1S/C20H34N4O.HI/c1-5-24(4)13-12-22-20(21-3)23-15-17-11-10-16(2)14-19(17)25-18-8-6-7-9-18;/h10-11,14,18H,5-9,12-13,15H2,1-4H3,(H2,21,22,23);1H. The average molecular weight is 474 g/mol. The Balaban J connectivity index is 0.00000338. The van der Waals surface area contributed by atoms with Crippen molar-refractivity contribution in [1.29, 1.82) is 0 Å². The predicted molar refractivity (Wildman–Crippen MR) is 121 cm³/mol. The second kappa shape index (κ2) is 12.4. The smallest absolute Gasteiger partial charge is 0.191 e. The topological polar surface area (TPSA) is 48.9 Å². The number of nitrogens with one attached hydrogen (secondary N) is 2. The number of guanidine groups is 1. The molecule has 2 rings (SSSR count). The molecule has 148 valence electrons. The summed E-state index contributed by atoms with van der Waals surface area (Å²) in [5.41, 5.74) is 2.42. The number of hydrogen-bond acceptors (Lipinski definition) is 3. The van der Waals surface area contributed by atoms with Crippen LogP contribution in [0.25, 0.3) is 0 Å². The number of ether oxygens (including phenoxy) is 1. The molecule has 1 saturated carbocycles. The van der Waals surface area contributed by atoms with E-state index in [0.717, 1.165) is 31.3 Å². The highest BCUT2D eigenvalue weighted by Gasteiger charge is 2.18. The lowest BCUT2D eigenvalue weighted by molar-refractivity contribution is 0.207. The summed E-state index contributed by atoms with van der Waals surface area (Å²) >= 11 is 0. The van der Waals surface area contributed by atoms with Gasteiger partial charge in [0, 0.05) is 32.2 Å². The van der Waals surface area contributed by atoms with E-state index >= 15 is 0 Å².